The van der Waals surface area contributed by atoms with Crippen LogP contribution < -0.4 is 0 Å². The summed E-state index contributed by atoms with van der Waals surface area (Å²) in [4.78, 5) is 29.2. The third-order valence-electron chi connectivity index (χ3n) is 3.68. The van der Waals surface area contributed by atoms with Crippen LogP contribution in [-0.2, 0) is 14.3 Å². The monoisotopic (exact) mass is 278 g/mol. The molecule has 0 bridgehead atoms. The van der Waals surface area contributed by atoms with Crippen molar-refractivity contribution >= 4 is 11.9 Å². The highest BCUT2D eigenvalue weighted by Crippen LogP contribution is 2.38. The first kappa shape index (κ1) is 14.5. The highest BCUT2D eigenvalue weighted by Gasteiger charge is 2.44. The number of amides is 1. The number of rotatable bonds is 5. The molecule has 2 unspecified atom stereocenters. The van der Waals surface area contributed by atoms with Gasteiger partial charge >= 0.3 is 5.97 Å². The van der Waals surface area contributed by atoms with Crippen molar-refractivity contribution in [3.05, 3.63) is 29.6 Å². The van der Waals surface area contributed by atoms with Crippen LogP contribution in [0.15, 0.2) is 18.5 Å². The number of carbonyl (C=O) groups excluding carboxylic acids is 1. The average molecular weight is 278 g/mol. The van der Waals surface area contributed by atoms with Gasteiger partial charge in [-0.1, -0.05) is 0 Å². The molecule has 6 nitrogen and oxygen atoms in total. The molecule has 6 heteroatoms. The van der Waals surface area contributed by atoms with E-state index >= 15 is 0 Å². The number of aryl methyl sites for hydroxylation is 1. The van der Waals surface area contributed by atoms with Gasteiger partial charge in [0.1, 0.15) is 0 Å². The zero-order chi connectivity index (χ0) is 14.7. The zero-order valence-electron chi connectivity index (χ0n) is 11.6. The topological polar surface area (TPSA) is 79.7 Å². The van der Waals surface area contributed by atoms with Crippen LogP contribution in [0.1, 0.15) is 23.6 Å². The number of aromatic nitrogens is 1. The lowest BCUT2D eigenvalue weighted by Gasteiger charge is -2.27. The smallest absolute Gasteiger partial charge is 0.309 e. The normalized spacial score (nSPS) is 22.3. The molecule has 1 N–H and O–H groups in total. The van der Waals surface area contributed by atoms with Crippen LogP contribution in [0.4, 0.5) is 0 Å². The molecule has 1 aliphatic heterocycles. The number of hydrogen-bond acceptors (Lipinski definition) is 4. The summed E-state index contributed by atoms with van der Waals surface area (Å²) in [6.45, 7) is 2.67. The Morgan fingerprint density at radius 2 is 2.35 bits per heavy atom. The molecule has 1 saturated heterocycles. The number of aliphatic carboxylic acids is 1. The predicted octanol–water partition coefficient (Wildman–Crippen LogP) is 1.01. The lowest BCUT2D eigenvalue weighted by atomic mass is 9.92. The minimum absolute atomic E-state index is 0.0258. The molecular weight excluding hydrogens is 260 g/mol. The fourth-order valence-corrected chi connectivity index (χ4v) is 2.64. The number of pyridine rings is 1. The first-order valence-electron chi connectivity index (χ1n) is 6.48. The Hall–Kier alpha value is -1.95. The van der Waals surface area contributed by atoms with Gasteiger partial charge in [0.05, 0.1) is 18.6 Å². The van der Waals surface area contributed by atoms with Gasteiger partial charge in [0.2, 0.25) is 5.91 Å². The summed E-state index contributed by atoms with van der Waals surface area (Å²) in [6.07, 6.45) is 3.33. The summed E-state index contributed by atoms with van der Waals surface area (Å²) >= 11 is 0. The van der Waals surface area contributed by atoms with Gasteiger partial charge in [-0.15, -0.1) is 0 Å². The van der Waals surface area contributed by atoms with E-state index in [0.29, 0.717) is 13.2 Å². The van der Waals surface area contributed by atoms with Crippen LogP contribution in [0.3, 0.4) is 0 Å². The number of carbonyl (C=O) groups is 2. The molecule has 0 saturated carbocycles. The largest absolute Gasteiger partial charge is 0.481 e. The third-order valence-corrected chi connectivity index (χ3v) is 3.68. The second-order valence-electron chi connectivity index (χ2n) is 4.91. The molecule has 2 heterocycles. The average Bonchev–Trinajstić information content (AvgIpc) is 2.74. The van der Waals surface area contributed by atoms with E-state index < -0.39 is 17.9 Å². The third kappa shape index (κ3) is 2.65. The van der Waals surface area contributed by atoms with E-state index in [2.05, 4.69) is 4.98 Å². The van der Waals surface area contributed by atoms with Gasteiger partial charge < -0.3 is 14.7 Å². The lowest BCUT2D eigenvalue weighted by Crippen LogP contribution is -2.33. The molecule has 1 aromatic heterocycles. The molecule has 0 radical (unpaired) electrons. The van der Waals surface area contributed by atoms with E-state index in [9.17, 15) is 14.7 Å². The summed E-state index contributed by atoms with van der Waals surface area (Å²) in [5.74, 6) is -1.84. The number of carboxylic acid groups (broad SMARTS) is 1. The van der Waals surface area contributed by atoms with Gasteiger partial charge in [0.15, 0.2) is 0 Å². The van der Waals surface area contributed by atoms with E-state index in [1.807, 2.05) is 13.0 Å². The maximum atomic E-state index is 12.1. The number of carboxylic acids is 1. The van der Waals surface area contributed by atoms with Gasteiger partial charge in [0.25, 0.3) is 0 Å². The molecule has 0 aliphatic carbocycles. The van der Waals surface area contributed by atoms with E-state index in [4.69, 9.17) is 4.74 Å². The van der Waals surface area contributed by atoms with Crippen molar-refractivity contribution in [2.75, 3.05) is 20.3 Å². The Kier molecular flexibility index (Phi) is 4.34. The van der Waals surface area contributed by atoms with Crippen molar-refractivity contribution in [2.24, 2.45) is 5.92 Å². The summed E-state index contributed by atoms with van der Waals surface area (Å²) in [6, 6.07) is 1.36. The highest BCUT2D eigenvalue weighted by atomic mass is 16.5. The summed E-state index contributed by atoms with van der Waals surface area (Å²) in [7, 11) is 1.56. The Morgan fingerprint density at radius 1 is 1.60 bits per heavy atom. The Labute approximate surface area is 117 Å². The standard InChI is InChI=1S/C14H18N2O4/c1-9-3-4-15-8-11(9)13-10(14(18)19)7-12(17)16(13)5-6-20-2/h3-4,8,10,13H,5-7H2,1-2H3,(H,18,19). The maximum Gasteiger partial charge on any atom is 0.309 e. The van der Waals surface area contributed by atoms with Crippen molar-refractivity contribution in [1.82, 2.24) is 9.88 Å². The lowest BCUT2D eigenvalue weighted by molar-refractivity contribution is -0.142. The van der Waals surface area contributed by atoms with Crippen LogP contribution in [0.5, 0.6) is 0 Å². The van der Waals surface area contributed by atoms with Gasteiger partial charge in [-0.05, 0) is 24.1 Å². The fraction of sp³-hybridized carbons (Fsp3) is 0.500. The Balaban J connectivity index is 2.38. The molecular formula is C14H18N2O4. The van der Waals surface area contributed by atoms with Crippen molar-refractivity contribution in [1.29, 1.82) is 0 Å². The van der Waals surface area contributed by atoms with Crippen LogP contribution in [0, 0.1) is 12.8 Å². The van der Waals surface area contributed by atoms with Crippen LogP contribution in [0.2, 0.25) is 0 Å². The van der Waals surface area contributed by atoms with Crippen molar-refractivity contribution in [3.8, 4) is 0 Å². The molecule has 0 spiro atoms. The van der Waals surface area contributed by atoms with Crippen LogP contribution >= 0.6 is 0 Å². The second kappa shape index (κ2) is 6.00. The maximum absolute atomic E-state index is 12.1. The summed E-state index contributed by atoms with van der Waals surface area (Å²) in [5, 5.41) is 9.37. The Morgan fingerprint density at radius 3 is 2.95 bits per heavy atom. The number of likely N-dealkylation sites (tertiary alicyclic amines) is 1. The zero-order valence-corrected chi connectivity index (χ0v) is 11.6. The first-order valence-corrected chi connectivity index (χ1v) is 6.48. The van der Waals surface area contributed by atoms with Gasteiger partial charge in [0, 0.05) is 32.5 Å². The molecule has 108 valence electrons. The summed E-state index contributed by atoms with van der Waals surface area (Å²) in [5.41, 5.74) is 1.73. The number of nitrogens with zero attached hydrogens (tertiary/aromatic N) is 2. The number of hydrogen-bond donors (Lipinski definition) is 1. The van der Waals surface area contributed by atoms with Crippen molar-refractivity contribution < 1.29 is 19.4 Å². The fourth-order valence-electron chi connectivity index (χ4n) is 2.64. The van der Waals surface area contributed by atoms with Gasteiger partial charge in [-0.25, -0.2) is 0 Å². The molecule has 2 rings (SSSR count). The van der Waals surface area contributed by atoms with Crippen molar-refractivity contribution in [3.63, 3.8) is 0 Å². The SMILES string of the molecule is COCCN1C(=O)CC(C(=O)O)C1c1cnccc1C. The van der Waals surface area contributed by atoms with E-state index in [0.717, 1.165) is 11.1 Å². The quantitative estimate of drug-likeness (QED) is 0.869. The molecule has 20 heavy (non-hydrogen) atoms. The molecule has 2 atom stereocenters. The van der Waals surface area contributed by atoms with Crippen molar-refractivity contribution in [2.45, 2.75) is 19.4 Å². The van der Waals surface area contributed by atoms with E-state index in [-0.39, 0.29) is 12.3 Å². The van der Waals surface area contributed by atoms with Crippen LogP contribution in [-0.4, -0.2) is 47.1 Å². The van der Waals surface area contributed by atoms with Crippen LogP contribution in [0.25, 0.3) is 0 Å². The van der Waals surface area contributed by atoms with E-state index in [1.54, 1.807) is 24.4 Å². The second-order valence-corrected chi connectivity index (χ2v) is 4.91. The molecule has 1 aliphatic rings. The highest BCUT2D eigenvalue weighted by molar-refractivity contribution is 5.87. The minimum Gasteiger partial charge on any atom is -0.481 e. The molecule has 1 aromatic rings. The number of ether oxygens (including phenoxy) is 1. The van der Waals surface area contributed by atoms with Gasteiger partial charge in [-0.3, -0.25) is 14.6 Å². The first-order chi connectivity index (χ1) is 9.56. The predicted molar refractivity (Wildman–Crippen MR) is 71.0 cm³/mol. The Bertz CT molecular complexity index is 518. The molecule has 0 aromatic carbocycles. The molecule has 1 amide bonds. The summed E-state index contributed by atoms with van der Waals surface area (Å²) < 4.78 is 5.01. The van der Waals surface area contributed by atoms with E-state index in [1.165, 1.54) is 0 Å². The van der Waals surface area contributed by atoms with Gasteiger partial charge in [-0.2, -0.15) is 0 Å². The number of methoxy groups -OCH3 is 1. The minimum atomic E-state index is -0.952. The molecule has 1 fully saturated rings.